The lowest BCUT2D eigenvalue weighted by Gasteiger charge is -2.11. The van der Waals surface area contributed by atoms with Gasteiger partial charge in [0.2, 0.25) is 5.82 Å². The van der Waals surface area contributed by atoms with E-state index in [-0.39, 0.29) is 11.8 Å². The number of hydrogen-bond donors (Lipinski definition) is 1. The summed E-state index contributed by atoms with van der Waals surface area (Å²) in [5.41, 5.74) is -0.535. The molecule has 112 valence electrons. The Morgan fingerprint density at radius 3 is 2.57 bits per heavy atom. The molecule has 2 aromatic rings. The molecule has 2 rings (SSSR count). The van der Waals surface area contributed by atoms with E-state index in [9.17, 15) is 18.0 Å². The SMILES string of the molecule is CC(C)Oc1cccc(-c2cc(=O)[nH]c(C(F)(F)F)n2)c1. The number of alkyl halides is 3. The predicted octanol–water partition coefficient (Wildman–Crippen LogP) is 3.24. The molecule has 0 bridgehead atoms. The minimum absolute atomic E-state index is 0.0553. The second-order valence-corrected chi connectivity index (χ2v) is 4.67. The minimum Gasteiger partial charge on any atom is -0.491 e. The van der Waals surface area contributed by atoms with Crippen molar-refractivity contribution < 1.29 is 17.9 Å². The summed E-state index contributed by atoms with van der Waals surface area (Å²) in [7, 11) is 0. The number of benzene rings is 1. The Labute approximate surface area is 118 Å². The molecule has 0 unspecified atom stereocenters. The number of aromatic nitrogens is 2. The molecule has 1 N–H and O–H groups in total. The molecule has 0 saturated heterocycles. The van der Waals surface area contributed by atoms with E-state index < -0.39 is 17.6 Å². The molecule has 0 atom stereocenters. The van der Waals surface area contributed by atoms with Gasteiger partial charge in [-0.3, -0.25) is 4.79 Å². The van der Waals surface area contributed by atoms with Crippen LogP contribution in [0, 0.1) is 0 Å². The molecule has 0 radical (unpaired) electrons. The van der Waals surface area contributed by atoms with Crippen LogP contribution in [0.1, 0.15) is 19.7 Å². The average Bonchev–Trinajstić information content (AvgIpc) is 2.36. The van der Waals surface area contributed by atoms with Gasteiger partial charge in [0, 0.05) is 11.6 Å². The molecule has 4 nitrogen and oxygen atoms in total. The van der Waals surface area contributed by atoms with Crippen molar-refractivity contribution in [1.29, 1.82) is 0 Å². The molecule has 7 heteroatoms. The lowest BCUT2D eigenvalue weighted by Crippen LogP contribution is -2.18. The van der Waals surface area contributed by atoms with E-state index in [1.165, 1.54) is 0 Å². The zero-order valence-electron chi connectivity index (χ0n) is 11.4. The highest BCUT2D eigenvalue weighted by Gasteiger charge is 2.34. The van der Waals surface area contributed by atoms with Gasteiger partial charge in [-0.2, -0.15) is 13.2 Å². The molecular formula is C14H13F3N2O2. The van der Waals surface area contributed by atoms with Crippen LogP contribution in [0.25, 0.3) is 11.3 Å². The van der Waals surface area contributed by atoms with Gasteiger partial charge in [-0.05, 0) is 26.0 Å². The summed E-state index contributed by atoms with van der Waals surface area (Å²) < 4.78 is 43.4. The van der Waals surface area contributed by atoms with Gasteiger partial charge in [-0.1, -0.05) is 12.1 Å². The van der Waals surface area contributed by atoms with Crippen molar-refractivity contribution in [3.05, 3.63) is 46.5 Å². The molecule has 0 aliphatic heterocycles. The van der Waals surface area contributed by atoms with Crippen molar-refractivity contribution >= 4 is 0 Å². The number of halogens is 3. The molecule has 0 aliphatic rings. The quantitative estimate of drug-likeness (QED) is 0.946. The molecule has 1 aromatic heterocycles. The van der Waals surface area contributed by atoms with Crippen molar-refractivity contribution in [1.82, 2.24) is 9.97 Å². The van der Waals surface area contributed by atoms with E-state index in [0.29, 0.717) is 11.3 Å². The normalized spacial score (nSPS) is 11.7. The molecule has 21 heavy (non-hydrogen) atoms. The maximum Gasteiger partial charge on any atom is 0.449 e. The summed E-state index contributed by atoms with van der Waals surface area (Å²) in [6.45, 7) is 3.67. The summed E-state index contributed by atoms with van der Waals surface area (Å²) in [5.74, 6) is -0.821. The Bertz CT molecular complexity index is 693. The first-order valence-electron chi connectivity index (χ1n) is 6.21. The van der Waals surface area contributed by atoms with Gasteiger partial charge in [-0.15, -0.1) is 0 Å². The van der Waals surface area contributed by atoms with Crippen LogP contribution in [-0.4, -0.2) is 16.1 Å². The van der Waals surface area contributed by atoms with Gasteiger partial charge in [0.25, 0.3) is 5.56 Å². The summed E-state index contributed by atoms with van der Waals surface area (Å²) in [5, 5.41) is 0. The Morgan fingerprint density at radius 1 is 1.24 bits per heavy atom. The number of ether oxygens (including phenoxy) is 1. The molecule has 0 saturated carbocycles. The van der Waals surface area contributed by atoms with E-state index in [1.54, 1.807) is 29.2 Å². The van der Waals surface area contributed by atoms with E-state index in [1.807, 2.05) is 13.8 Å². The number of hydrogen-bond acceptors (Lipinski definition) is 3. The number of H-pyrrole nitrogens is 1. The maximum absolute atomic E-state index is 12.7. The number of aromatic amines is 1. The second-order valence-electron chi connectivity index (χ2n) is 4.67. The van der Waals surface area contributed by atoms with Crippen LogP contribution in [0.3, 0.4) is 0 Å². The largest absolute Gasteiger partial charge is 0.491 e. The van der Waals surface area contributed by atoms with Gasteiger partial charge in [0.05, 0.1) is 11.8 Å². The summed E-state index contributed by atoms with van der Waals surface area (Å²) >= 11 is 0. The first-order valence-corrected chi connectivity index (χ1v) is 6.21. The lowest BCUT2D eigenvalue weighted by molar-refractivity contribution is -0.145. The fourth-order valence-corrected chi connectivity index (χ4v) is 1.74. The molecule has 0 spiro atoms. The number of nitrogens with one attached hydrogen (secondary N) is 1. The third-order valence-electron chi connectivity index (χ3n) is 2.51. The fraction of sp³-hybridized carbons (Fsp3) is 0.286. The smallest absolute Gasteiger partial charge is 0.449 e. The van der Waals surface area contributed by atoms with Gasteiger partial charge in [0.1, 0.15) is 5.75 Å². The van der Waals surface area contributed by atoms with Crippen LogP contribution >= 0.6 is 0 Å². The molecule has 1 aromatic carbocycles. The van der Waals surface area contributed by atoms with Crippen molar-refractivity contribution in [2.45, 2.75) is 26.1 Å². The van der Waals surface area contributed by atoms with E-state index >= 15 is 0 Å². The summed E-state index contributed by atoms with van der Waals surface area (Å²) in [6.07, 6.45) is -4.78. The van der Waals surface area contributed by atoms with Gasteiger partial charge in [-0.25, -0.2) is 4.98 Å². The van der Waals surface area contributed by atoms with Gasteiger partial charge < -0.3 is 9.72 Å². The molecule has 0 aliphatic carbocycles. The van der Waals surface area contributed by atoms with Crippen molar-refractivity contribution in [3.63, 3.8) is 0 Å². The van der Waals surface area contributed by atoms with Crippen LogP contribution in [0.5, 0.6) is 5.75 Å². The molecule has 1 heterocycles. The van der Waals surface area contributed by atoms with E-state index in [0.717, 1.165) is 6.07 Å². The van der Waals surface area contributed by atoms with Crippen LogP contribution in [0.15, 0.2) is 35.1 Å². The monoisotopic (exact) mass is 298 g/mol. The second kappa shape index (κ2) is 5.59. The summed E-state index contributed by atoms with van der Waals surface area (Å²) in [6, 6.07) is 7.44. The topological polar surface area (TPSA) is 55.0 Å². The number of rotatable bonds is 3. The Hall–Kier alpha value is -2.31. The Balaban J connectivity index is 2.47. The van der Waals surface area contributed by atoms with Crippen LogP contribution in [0.2, 0.25) is 0 Å². The van der Waals surface area contributed by atoms with Crippen molar-refractivity contribution in [3.8, 4) is 17.0 Å². The molecule has 0 fully saturated rings. The summed E-state index contributed by atoms with van der Waals surface area (Å²) in [4.78, 5) is 16.5. The Morgan fingerprint density at radius 2 is 1.95 bits per heavy atom. The molecular weight excluding hydrogens is 285 g/mol. The van der Waals surface area contributed by atoms with Crippen molar-refractivity contribution in [2.75, 3.05) is 0 Å². The highest BCUT2D eigenvalue weighted by molar-refractivity contribution is 5.60. The zero-order chi connectivity index (χ0) is 15.6. The minimum atomic E-state index is -4.71. The van der Waals surface area contributed by atoms with Crippen LogP contribution in [-0.2, 0) is 6.18 Å². The number of nitrogens with zero attached hydrogens (tertiary/aromatic N) is 1. The third-order valence-corrected chi connectivity index (χ3v) is 2.51. The van der Waals surface area contributed by atoms with E-state index in [2.05, 4.69) is 4.98 Å². The first kappa shape index (κ1) is 15.1. The first-order chi connectivity index (χ1) is 9.75. The predicted molar refractivity (Wildman–Crippen MR) is 71.1 cm³/mol. The average molecular weight is 298 g/mol. The van der Waals surface area contributed by atoms with E-state index in [4.69, 9.17) is 4.74 Å². The maximum atomic E-state index is 12.7. The van der Waals surface area contributed by atoms with Crippen molar-refractivity contribution in [2.24, 2.45) is 0 Å². The van der Waals surface area contributed by atoms with Gasteiger partial charge >= 0.3 is 6.18 Å². The van der Waals surface area contributed by atoms with Crippen LogP contribution < -0.4 is 10.3 Å². The molecule has 0 amide bonds. The fourth-order valence-electron chi connectivity index (χ4n) is 1.74. The highest BCUT2D eigenvalue weighted by atomic mass is 19.4. The third kappa shape index (κ3) is 3.84. The van der Waals surface area contributed by atoms with Gasteiger partial charge in [0.15, 0.2) is 0 Å². The lowest BCUT2D eigenvalue weighted by atomic mass is 10.1. The Kier molecular flexibility index (Phi) is 4.02. The highest BCUT2D eigenvalue weighted by Crippen LogP contribution is 2.28. The standard InChI is InChI=1S/C14H13F3N2O2/c1-8(2)21-10-5-3-4-9(6-10)11-7-12(20)19-13(18-11)14(15,16)17/h3-8H,1-2H3,(H,18,19,20). The zero-order valence-corrected chi connectivity index (χ0v) is 11.4. The van der Waals surface area contributed by atoms with Crippen LogP contribution in [0.4, 0.5) is 13.2 Å².